The first-order valence-electron chi connectivity index (χ1n) is 6.67. The first-order valence-corrected chi connectivity index (χ1v) is 6.67. The van der Waals surface area contributed by atoms with E-state index in [2.05, 4.69) is 5.32 Å². The lowest BCUT2D eigenvalue weighted by molar-refractivity contribution is -0.384. The highest BCUT2D eigenvalue weighted by molar-refractivity contribution is 5.99. The molecule has 2 aromatic rings. The molecule has 0 spiro atoms. The fraction of sp³-hybridized carbons (Fsp3) is 0.286. The van der Waals surface area contributed by atoms with Gasteiger partial charge in [0, 0.05) is 18.2 Å². The number of rotatable bonds is 3. The van der Waals surface area contributed by atoms with Gasteiger partial charge in [-0.2, -0.15) is 0 Å². The smallest absolute Gasteiger partial charge is 0.277 e. The second-order valence-electron chi connectivity index (χ2n) is 5.04. The summed E-state index contributed by atoms with van der Waals surface area (Å²) in [5.74, 6) is 0. The Labute approximate surface area is 119 Å². The minimum absolute atomic E-state index is 0.00871. The van der Waals surface area contributed by atoms with Gasteiger partial charge in [-0.15, -0.1) is 0 Å². The van der Waals surface area contributed by atoms with Crippen molar-refractivity contribution < 1.29 is 9.85 Å². The van der Waals surface area contributed by atoms with Gasteiger partial charge in [-0.25, -0.2) is 0 Å². The van der Waals surface area contributed by atoms with E-state index in [0.29, 0.717) is 10.8 Å². The van der Waals surface area contributed by atoms with Crippen molar-refractivity contribution in [3.63, 3.8) is 0 Å². The largest absolute Gasteiger partial charge is 0.310 e. The summed E-state index contributed by atoms with van der Waals surface area (Å²) in [5, 5.41) is 26.4. The highest BCUT2D eigenvalue weighted by Crippen LogP contribution is 2.39. The molecule has 1 saturated heterocycles. The summed E-state index contributed by atoms with van der Waals surface area (Å²) >= 11 is 0. The molecule has 0 saturated carbocycles. The zero-order valence-electron chi connectivity index (χ0n) is 11.1. The molecule has 7 heteroatoms. The van der Waals surface area contributed by atoms with Gasteiger partial charge in [0.1, 0.15) is 0 Å². The second-order valence-corrected chi connectivity index (χ2v) is 5.04. The summed E-state index contributed by atoms with van der Waals surface area (Å²) in [6.45, 7) is 0.851. The Morgan fingerprint density at radius 1 is 1.05 bits per heavy atom. The predicted molar refractivity (Wildman–Crippen MR) is 77.2 cm³/mol. The normalized spacial score (nSPS) is 18.0. The molecule has 7 nitrogen and oxygen atoms in total. The van der Waals surface area contributed by atoms with Crippen molar-refractivity contribution in [1.29, 1.82) is 0 Å². The second kappa shape index (κ2) is 5.10. The highest BCUT2D eigenvalue weighted by atomic mass is 16.6. The number of benzene rings is 2. The summed E-state index contributed by atoms with van der Waals surface area (Å²) in [5.41, 5.74) is 0.579. The lowest BCUT2D eigenvalue weighted by Crippen LogP contribution is -2.13. The molecule has 0 radical (unpaired) electrons. The van der Waals surface area contributed by atoms with Gasteiger partial charge in [-0.3, -0.25) is 20.2 Å². The Bertz CT molecular complexity index is 738. The van der Waals surface area contributed by atoms with Crippen LogP contribution in [0.5, 0.6) is 0 Å². The minimum Gasteiger partial charge on any atom is -0.310 e. The van der Waals surface area contributed by atoms with E-state index in [9.17, 15) is 20.2 Å². The van der Waals surface area contributed by atoms with Gasteiger partial charge in [0.2, 0.25) is 0 Å². The molecular formula is C14H13N3O4. The third-order valence-corrected chi connectivity index (χ3v) is 3.86. The molecule has 2 aromatic carbocycles. The molecular weight excluding hydrogens is 274 g/mol. The summed E-state index contributed by atoms with van der Waals surface area (Å²) < 4.78 is 0. The van der Waals surface area contributed by atoms with Crippen LogP contribution in [0.3, 0.4) is 0 Å². The van der Waals surface area contributed by atoms with Crippen LogP contribution in [0.15, 0.2) is 30.3 Å². The van der Waals surface area contributed by atoms with Crippen LogP contribution >= 0.6 is 0 Å². The number of nitrogens with zero attached hydrogens (tertiary/aromatic N) is 2. The number of hydrogen-bond donors (Lipinski definition) is 1. The molecule has 0 bridgehead atoms. The average Bonchev–Trinajstić information content (AvgIpc) is 2.99. The van der Waals surface area contributed by atoms with Crippen LogP contribution in [0.2, 0.25) is 0 Å². The van der Waals surface area contributed by atoms with Crippen LogP contribution in [-0.4, -0.2) is 16.4 Å². The number of nitro groups is 2. The lowest BCUT2D eigenvalue weighted by Gasteiger charge is -2.14. The SMILES string of the molecule is O=[N+]([O-])c1ccc(C2CCCN2)c2c([N+](=O)[O-])cccc12. The Balaban J connectivity index is 2.35. The van der Waals surface area contributed by atoms with Crippen molar-refractivity contribution >= 4 is 22.1 Å². The Morgan fingerprint density at radius 3 is 2.43 bits per heavy atom. The van der Waals surface area contributed by atoms with E-state index in [4.69, 9.17) is 0 Å². The molecule has 0 aliphatic carbocycles. The number of hydrogen-bond acceptors (Lipinski definition) is 5. The van der Waals surface area contributed by atoms with Crippen LogP contribution in [0, 0.1) is 20.2 Å². The Hall–Kier alpha value is -2.54. The molecule has 1 aliphatic heterocycles. The molecule has 21 heavy (non-hydrogen) atoms. The zero-order valence-corrected chi connectivity index (χ0v) is 11.1. The van der Waals surface area contributed by atoms with Gasteiger partial charge in [0.05, 0.1) is 20.6 Å². The standard InChI is InChI=1S/C14H13N3O4/c18-16(19)12-7-6-9(11-4-2-8-15-11)14-10(12)3-1-5-13(14)17(20)21/h1,3,5-7,11,15H,2,4,8H2. The molecule has 1 aliphatic rings. The molecule has 1 atom stereocenters. The van der Waals surface area contributed by atoms with Gasteiger partial charge >= 0.3 is 0 Å². The lowest BCUT2D eigenvalue weighted by atomic mass is 9.95. The van der Waals surface area contributed by atoms with Crippen LogP contribution in [0.1, 0.15) is 24.4 Å². The first kappa shape index (κ1) is 13.4. The molecule has 3 rings (SSSR count). The molecule has 1 unspecified atom stereocenters. The quantitative estimate of drug-likeness (QED) is 0.691. The topological polar surface area (TPSA) is 98.3 Å². The zero-order chi connectivity index (χ0) is 15.0. The number of fused-ring (bicyclic) bond motifs is 1. The maximum absolute atomic E-state index is 11.3. The van der Waals surface area contributed by atoms with Crippen molar-refractivity contribution in [2.24, 2.45) is 0 Å². The van der Waals surface area contributed by atoms with E-state index in [1.165, 1.54) is 18.2 Å². The molecule has 1 N–H and O–H groups in total. The van der Waals surface area contributed by atoms with Gasteiger partial charge in [0.25, 0.3) is 11.4 Å². The third kappa shape index (κ3) is 2.21. The van der Waals surface area contributed by atoms with E-state index in [1.807, 2.05) is 0 Å². The Kier molecular flexibility index (Phi) is 3.26. The van der Waals surface area contributed by atoms with Crippen molar-refractivity contribution in [2.45, 2.75) is 18.9 Å². The van der Waals surface area contributed by atoms with E-state index in [1.54, 1.807) is 12.1 Å². The fourth-order valence-electron chi connectivity index (χ4n) is 2.95. The molecule has 0 aromatic heterocycles. The Morgan fingerprint density at radius 2 is 1.81 bits per heavy atom. The highest BCUT2D eigenvalue weighted by Gasteiger charge is 2.26. The average molecular weight is 287 g/mol. The summed E-state index contributed by atoms with van der Waals surface area (Å²) in [6, 6.07) is 7.52. The predicted octanol–water partition coefficient (Wildman–Crippen LogP) is 3.08. The van der Waals surface area contributed by atoms with Gasteiger partial charge < -0.3 is 5.32 Å². The minimum atomic E-state index is -0.502. The van der Waals surface area contributed by atoms with Crippen LogP contribution in [0.4, 0.5) is 11.4 Å². The van der Waals surface area contributed by atoms with Gasteiger partial charge in [-0.1, -0.05) is 6.07 Å². The fourth-order valence-corrected chi connectivity index (χ4v) is 2.95. The molecule has 1 heterocycles. The summed E-state index contributed by atoms with van der Waals surface area (Å²) in [4.78, 5) is 21.4. The molecule has 1 fully saturated rings. The van der Waals surface area contributed by atoms with E-state index in [0.717, 1.165) is 24.9 Å². The summed E-state index contributed by atoms with van der Waals surface area (Å²) in [7, 11) is 0. The molecule has 0 amide bonds. The summed E-state index contributed by atoms with van der Waals surface area (Å²) in [6.07, 6.45) is 1.86. The third-order valence-electron chi connectivity index (χ3n) is 3.86. The van der Waals surface area contributed by atoms with E-state index >= 15 is 0 Å². The van der Waals surface area contributed by atoms with Gasteiger partial charge in [-0.05, 0) is 37.1 Å². The number of nitrogens with one attached hydrogen (secondary N) is 1. The van der Waals surface area contributed by atoms with Crippen molar-refractivity contribution in [2.75, 3.05) is 6.54 Å². The maximum atomic E-state index is 11.3. The van der Waals surface area contributed by atoms with Crippen molar-refractivity contribution in [3.8, 4) is 0 Å². The van der Waals surface area contributed by atoms with Crippen LogP contribution < -0.4 is 5.32 Å². The number of non-ortho nitro benzene ring substituents is 2. The van der Waals surface area contributed by atoms with Crippen molar-refractivity contribution in [3.05, 3.63) is 56.1 Å². The van der Waals surface area contributed by atoms with Crippen LogP contribution in [0.25, 0.3) is 10.8 Å². The maximum Gasteiger partial charge on any atom is 0.277 e. The van der Waals surface area contributed by atoms with Crippen molar-refractivity contribution in [1.82, 2.24) is 5.32 Å². The monoisotopic (exact) mass is 287 g/mol. The molecule has 108 valence electrons. The number of nitro benzene ring substituents is 2. The van der Waals surface area contributed by atoms with Crippen LogP contribution in [-0.2, 0) is 0 Å². The van der Waals surface area contributed by atoms with E-state index in [-0.39, 0.29) is 17.4 Å². The van der Waals surface area contributed by atoms with E-state index < -0.39 is 9.85 Å². The first-order chi connectivity index (χ1) is 10.1. The van der Waals surface area contributed by atoms with Gasteiger partial charge in [0.15, 0.2) is 0 Å².